The van der Waals surface area contributed by atoms with E-state index in [4.69, 9.17) is 14.9 Å². The second kappa shape index (κ2) is 6.10. The summed E-state index contributed by atoms with van der Waals surface area (Å²) in [7, 11) is 1.33. The monoisotopic (exact) mass is 275 g/mol. The van der Waals surface area contributed by atoms with Crippen LogP contribution < -0.4 is 11.1 Å². The Hall–Kier alpha value is -2.50. The van der Waals surface area contributed by atoms with Gasteiger partial charge in [-0.25, -0.2) is 9.78 Å². The number of nitrogens with two attached hydrogens (primary N) is 1. The van der Waals surface area contributed by atoms with Gasteiger partial charge in [-0.05, 0) is 18.2 Å². The first-order valence-electron chi connectivity index (χ1n) is 6.29. The van der Waals surface area contributed by atoms with Gasteiger partial charge in [0.1, 0.15) is 5.76 Å². The molecule has 0 atom stereocenters. The summed E-state index contributed by atoms with van der Waals surface area (Å²) in [5.74, 6) is 0.947. The lowest BCUT2D eigenvalue weighted by Gasteiger charge is -2.10. The normalized spacial score (nSPS) is 10.3. The van der Waals surface area contributed by atoms with Crippen LogP contribution in [-0.2, 0) is 17.7 Å². The van der Waals surface area contributed by atoms with Crippen molar-refractivity contribution in [1.29, 1.82) is 0 Å². The summed E-state index contributed by atoms with van der Waals surface area (Å²) in [6.45, 7) is 2.38. The van der Waals surface area contributed by atoms with Crippen LogP contribution in [0.5, 0.6) is 0 Å². The van der Waals surface area contributed by atoms with Crippen LogP contribution in [0, 0.1) is 0 Å². The molecule has 0 spiro atoms. The Morgan fingerprint density at radius 3 is 2.95 bits per heavy atom. The summed E-state index contributed by atoms with van der Waals surface area (Å²) in [6.07, 6.45) is 2.49. The zero-order valence-corrected chi connectivity index (χ0v) is 11.5. The minimum atomic E-state index is -0.443. The van der Waals surface area contributed by atoms with Gasteiger partial charge in [0.15, 0.2) is 0 Å². The first-order chi connectivity index (χ1) is 9.63. The maximum absolute atomic E-state index is 11.7. The molecule has 0 amide bonds. The average Bonchev–Trinajstić information content (AvgIpc) is 2.93. The molecule has 6 heteroatoms. The van der Waals surface area contributed by atoms with Gasteiger partial charge in [-0.15, -0.1) is 0 Å². The summed E-state index contributed by atoms with van der Waals surface area (Å²) in [6, 6.07) is 5.01. The molecule has 0 unspecified atom stereocenters. The minimum absolute atomic E-state index is 0.383. The standard InChI is InChI=1S/C14H17N3O3/c1-3-10-7-17-13(20-10)8-16-12-5-4-9(15)6-11(12)14(18)19-2/h4-7,16H,3,8,15H2,1-2H3. The molecule has 0 aliphatic heterocycles. The summed E-state index contributed by atoms with van der Waals surface area (Å²) < 4.78 is 10.2. The van der Waals surface area contributed by atoms with Gasteiger partial charge >= 0.3 is 5.97 Å². The SMILES string of the molecule is CCc1cnc(CNc2ccc(N)cc2C(=O)OC)o1. The van der Waals surface area contributed by atoms with E-state index >= 15 is 0 Å². The maximum Gasteiger partial charge on any atom is 0.340 e. The fourth-order valence-electron chi connectivity index (χ4n) is 1.76. The highest BCUT2D eigenvalue weighted by Gasteiger charge is 2.13. The van der Waals surface area contributed by atoms with Crippen LogP contribution in [-0.4, -0.2) is 18.1 Å². The Kier molecular flexibility index (Phi) is 4.24. The highest BCUT2D eigenvalue weighted by molar-refractivity contribution is 5.96. The minimum Gasteiger partial charge on any atom is -0.465 e. The van der Waals surface area contributed by atoms with Crippen molar-refractivity contribution in [3.8, 4) is 0 Å². The molecule has 3 N–H and O–H groups in total. The smallest absolute Gasteiger partial charge is 0.340 e. The summed E-state index contributed by atoms with van der Waals surface area (Å²) in [5.41, 5.74) is 7.19. The number of hydrogen-bond donors (Lipinski definition) is 2. The van der Waals surface area contributed by atoms with Crippen molar-refractivity contribution < 1.29 is 13.9 Å². The molecule has 1 aromatic carbocycles. The summed E-state index contributed by atoms with van der Waals surface area (Å²) in [5, 5.41) is 3.10. The van der Waals surface area contributed by atoms with Gasteiger partial charge in [0.2, 0.25) is 5.89 Å². The number of nitrogens with one attached hydrogen (secondary N) is 1. The van der Waals surface area contributed by atoms with Crippen LogP contribution in [0.4, 0.5) is 11.4 Å². The van der Waals surface area contributed by atoms with Crippen molar-refractivity contribution in [3.05, 3.63) is 41.6 Å². The largest absolute Gasteiger partial charge is 0.465 e. The third kappa shape index (κ3) is 3.09. The molecule has 0 fully saturated rings. The van der Waals surface area contributed by atoms with Crippen molar-refractivity contribution in [2.24, 2.45) is 0 Å². The molecule has 0 saturated carbocycles. The van der Waals surface area contributed by atoms with E-state index in [1.165, 1.54) is 7.11 Å². The Labute approximate surface area is 116 Å². The maximum atomic E-state index is 11.7. The topological polar surface area (TPSA) is 90.4 Å². The molecule has 106 valence electrons. The molecule has 0 radical (unpaired) electrons. The van der Waals surface area contributed by atoms with E-state index in [1.807, 2.05) is 6.92 Å². The van der Waals surface area contributed by atoms with Crippen molar-refractivity contribution >= 4 is 17.3 Å². The number of hydrogen-bond acceptors (Lipinski definition) is 6. The average molecular weight is 275 g/mol. The van der Waals surface area contributed by atoms with Gasteiger partial charge in [-0.1, -0.05) is 6.92 Å². The number of ether oxygens (including phenoxy) is 1. The summed E-state index contributed by atoms with van der Waals surface area (Å²) in [4.78, 5) is 15.8. The number of carbonyl (C=O) groups is 1. The number of methoxy groups -OCH3 is 1. The van der Waals surface area contributed by atoms with E-state index in [9.17, 15) is 4.79 Å². The number of benzene rings is 1. The molecule has 0 aliphatic rings. The predicted octanol–water partition coefficient (Wildman–Crippen LogP) is 2.22. The van der Waals surface area contributed by atoms with Gasteiger partial charge in [-0.3, -0.25) is 0 Å². The number of aromatic nitrogens is 1. The Morgan fingerprint density at radius 2 is 2.30 bits per heavy atom. The van der Waals surface area contributed by atoms with Gasteiger partial charge in [0, 0.05) is 17.8 Å². The molecule has 1 aromatic heterocycles. The van der Waals surface area contributed by atoms with Crippen LogP contribution in [0.2, 0.25) is 0 Å². The molecular formula is C14H17N3O3. The Morgan fingerprint density at radius 1 is 1.50 bits per heavy atom. The van der Waals surface area contributed by atoms with Crippen molar-refractivity contribution in [3.63, 3.8) is 0 Å². The third-order valence-corrected chi connectivity index (χ3v) is 2.83. The molecule has 0 bridgehead atoms. The van der Waals surface area contributed by atoms with Gasteiger partial charge in [-0.2, -0.15) is 0 Å². The number of nitrogen functional groups attached to an aromatic ring is 1. The van der Waals surface area contributed by atoms with Gasteiger partial charge < -0.3 is 20.2 Å². The van der Waals surface area contributed by atoms with Crippen LogP contribution in [0.25, 0.3) is 0 Å². The highest BCUT2D eigenvalue weighted by atomic mass is 16.5. The van der Waals surface area contributed by atoms with E-state index in [-0.39, 0.29) is 0 Å². The number of esters is 1. The Balaban J connectivity index is 2.14. The van der Waals surface area contributed by atoms with Crippen LogP contribution in [0.3, 0.4) is 0 Å². The molecule has 1 heterocycles. The zero-order chi connectivity index (χ0) is 14.5. The predicted molar refractivity (Wildman–Crippen MR) is 75.4 cm³/mol. The van der Waals surface area contributed by atoms with Crippen molar-refractivity contribution in [1.82, 2.24) is 4.98 Å². The highest BCUT2D eigenvalue weighted by Crippen LogP contribution is 2.20. The molecular weight excluding hydrogens is 258 g/mol. The van der Waals surface area contributed by atoms with Crippen molar-refractivity contribution in [2.75, 3.05) is 18.2 Å². The van der Waals surface area contributed by atoms with E-state index in [0.29, 0.717) is 29.4 Å². The fraction of sp³-hybridized carbons (Fsp3) is 0.286. The Bertz CT molecular complexity index is 607. The number of carbonyl (C=O) groups excluding carboxylic acids is 1. The lowest BCUT2D eigenvalue weighted by Crippen LogP contribution is -2.09. The third-order valence-electron chi connectivity index (χ3n) is 2.83. The fourth-order valence-corrected chi connectivity index (χ4v) is 1.76. The van der Waals surface area contributed by atoms with E-state index in [0.717, 1.165) is 12.2 Å². The second-order valence-electron chi connectivity index (χ2n) is 4.22. The molecule has 20 heavy (non-hydrogen) atoms. The quantitative estimate of drug-likeness (QED) is 0.642. The number of rotatable bonds is 5. The number of aryl methyl sites for hydroxylation is 1. The number of nitrogens with zero attached hydrogens (tertiary/aromatic N) is 1. The molecule has 2 aromatic rings. The number of oxazole rings is 1. The lowest BCUT2D eigenvalue weighted by atomic mass is 10.1. The van der Waals surface area contributed by atoms with Crippen molar-refractivity contribution in [2.45, 2.75) is 19.9 Å². The molecule has 2 rings (SSSR count). The van der Waals surface area contributed by atoms with Gasteiger partial charge in [0.05, 0.1) is 25.4 Å². The van der Waals surface area contributed by atoms with E-state index in [1.54, 1.807) is 24.4 Å². The molecule has 0 aliphatic carbocycles. The zero-order valence-electron chi connectivity index (χ0n) is 11.5. The second-order valence-corrected chi connectivity index (χ2v) is 4.22. The van der Waals surface area contributed by atoms with Gasteiger partial charge in [0.25, 0.3) is 0 Å². The van der Waals surface area contributed by atoms with Crippen LogP contribution in [0.15, 0.2) is 28.8 Å². The van der Waals surface area contributed by atoms with E-state index in [2.05, 4.69) is 10.3 Å². The molecule has 6 nitrogen and oxygen atoms in total. The first kappa shape index (κ1) is 13.9. The summed E-state index contributed by atoms with van der Waals surface area (Å²) >= 11 is 0. The van der Waals surface area contributed by atoms with E-state index < -0.39 is 5.97 Å². The van der Waals surface area contributed by atoms with Crippen LogP contribution >= 0.6 is 0 Å². The number of anilines is 2. The lowest BCUT2D eigenvalue weighted by molar-refractivity contribution is 0.0602. The molecule has 0 saturated heterocycles. The van der Waals surface area contributed by atoms with Crippen LogP contribution in [0.1, 0.15) is 28.9 Å². The first-order valence-corrected chi connectivity index (χ1v) is 6.29.